The minimum absolute atomic E-state index is 0.137. The number of aryl methyl sites for hydroxylation is 2. The fraction of sp³-hybridized carbons (Fsp3) is 0.241. The Bertz CT molecular complexity index is 1390. The topological polar surface area (TPSA) is 90.1 Å². The van der Waals surface area contributed by atoms with Crippen LogP contribution in [0.15, 0.2) is 82.3 Å². The monoisotopic (exact) mass is 496 g/mol. The van der Waals surface area contributed by atoms with Crippen molar-refractivity contribution in [2.45, 2.75) is 32.7 Å². The lowest BCUT2D eigenvalue weighted by Gasteiger charge is -2.22. The van der Waals surface area contributed by atoms with E-state index < -0.39 is 0 Å². The molecule has 3 aromatic carbocycles. The number of aromatic nitrogens is 2. The van der Waals surface area contributed by atoms with Crippen LogP contribution < -0.4 is 9.47 Å². The maximum absolute atomic E-state index is 13.3. The number of carbonyl (C=O) groups excluding carboxylic acids is 1. The van der Waals surface area contributed by atoms with Crippen molar-refractivity contribution < 1.29 is 18.7 Å². The molecule has 1 aromatic heterocycles. The molecule has 1 aliphatic heterocycles. The zero-order valence-electron chi connectivity index (χ0n) is 21.0. The third kappa shape index (κ3) is 5.38. The van der Waals surface area contributed by atoms with E-state index in [-0.39, 0.29) is 18.6 Å². The Morgan fingerprint density at radius 1 is 0.946 bits per heavy atom. The van der Waals surface area contributed by atoms with E-state index in [9.17, 15) is 4.79 Å². The molecular weight excluding hydrogens is 468 g/mol. The molecule has 0 spiro atoms. The molecule has 1 unspecified atom stereocenters. The number of ether oxygens (including phenoxy) is 2. The smallest absolute Gasteiger partial charge is 0.281 e. The molecule has 8 heteroatoms. The van der Waals surface area contributed by atoms with Crippen LogP contribution in [-0.2, 0) is 11.2 Å². The Hall–Kier alpha value is -4.46. The van der Waals surface area contributed by atoms with Crippen molar-refractivity contribution in [3.8, 4) is 23.0 Å². The summed E-state index contributed by atoms with van der Waals surface area (Å²) in [4.78, 5) is 13.3. The van der Waals surface area contributed by atoms with Gasteiger partial charge in [-0.2, -0.15) is 5.10 Å². The second kappa shape index (κ2) is 10.7. The third-order valence-electron chi connectivity index (χ3n) is 6.28. The normalized spacial score (nSPS) is 14.9. The van der Waals surface area contributed by atoms with Gasteiger partial charge in [0.1, 0.15) is 11.5 Å². The van der Waals surface area contributed by atoms with Gasteiger partial charge in [0, 0.05) is 18.4 Å². The van der Waals surface area contributed by atoms with Gasteiger partial charge in [-0.1, -0.05) is 36.8 Å². The van der Waals surface area contributed by atoms with Crippen LogP contribution in [0, 0.1) is 6.92 Å². The van der Waals surface area contributed by atoms with E-state index in [1.165, 1.54) is 0 Å². The van der Waals surface area contributed by atoms with Crippen LogP contribution in [0.5, 0.6) is 11.5 Å². The summed E-state index contributed by atoms with van der Waals surface area (Å²) in [6.45, 7) is 3.86. The molecular formula is C29H28N4O4. The summed E-state index contributed by atoms with van der Waals surface area (Å²) < 4.78 is 16.7. The van der Waals surface area contributed by atoms with Crippen LogP contribution in [0.4, 0.5) is 0 Å². The van der Waals surface area contributed by atoms with Crippen LogP contribution in [-0.4, -0.2) is 40.5 Å². The molecule has 0 radical (unpaired) electrons. The van der Waals surface area contributed by atoms with Crippen molar-refractivity contribution in [3.05, 3.63) is 95.4 Å². The summed E-state index contributed by atoms with van der Waals surface area (Å²) in [5, 5.41) is 14.3. The lowest BCUT2D eigenvalue weighted by molar-refractivity contribution is -0.135. The molecule has 0 bridgehead atoms. The number of amides is 1. The van der Waals surface area contributed by atoms with Gasteiger partial charge in [0.05, 0.1) is 18.9 Å². The summed E-state index contributed by atoms with van der Waals surface area (Å²) >= 11 is 0. The number of hydrazone groups is 1. The van der Waals surface area contributed by atoms with Gasteiger partial charge in [0.15, 0.2) is 6.61 Å². The van der Waals surface area contributed by atoms with Crippen LogP contribution in [0.25, 0.3) is 11.5 Å². The quantitative estimate of drug-likeness (QED) is 0.326. The first kappa shape index (κ1) is 24.2. The van der Waals surface area contributed by atoms with Crippen molar-refractivity contribution in [2.24, 2.45) is 5.10 Å². The second-order valence-corrected chi connectivity index (χ2v) is 8.81. The first-order valence-corrected chi connectivity index (χ1v) is 12.2. The number of carbonyl (C=O) groups is 1. The van der Waals surface area contributed by atoms with Gasteiger partial charge < -0.3 is 13.9 Å². The fourth-order valence-electron chi connectivity index (χ4n) is 4.16. The molecule has 0 saturated heterocycles. The minimum atomic E-state index is -0.220. The molecule has 5 rings (SSSR count). The van der Waals surface area contributed by atoms with Crippen LogP contribution in [0.3, 0.4) is 0 Å². The van der Waals surface area contributed by atoms with Crippen molar-refractivity contribution in [3.63, 3.8) is 0 Å². The Balaban J connectivity index is 1.31. The largest absolute Gasteiger partial charge is 0.497 e. The van der Waals surface area contributed by atoms with Crippen molar-refractivity contribution >= 4 is 11.6 Å². The van der Waals surface area contributed by atoms with Gasteiger partial charge in [-0.25, -0.2) is 5.01 Å². The van der Waals surface area contributed by atoms with E-state index in [0.717, 1.165) is 33.7 Å². The second-order valence-electron chi connectivity index (χ2n) is 8.81. The number of hydrogen-bond acceptors (Lipinski definition) is 7. The van der Waals surface area contributed by atoms with Gasteiger partial charge in [0.25, 0.3) is 5.91 Å². The predicted molar refractivity (Wildman–Crippen MR) is 140 cm³/mol. The zero-order valence-corrected chi connectivity index (χ0v) is 21.0. The molecule has 188 valence electrons. The first-order chi connectivity index (χ1) is 18.0. The van der Waals surface area contributed by atoms with Crippen molar-refractivity contribution in [2.75, 3.05) is 13.7 Å². The highest BCUT2D eigenvalue weighted by Gasteiger charge is 2.33. The number of nitrogens with zero attached hydrogens (tertiary/aromatic N) is 4. The lowest BCUT2D eigenvalue weighted by Crippen LogP contribution is -2.31. The zero-order chi connectivity index (χ0) is 25.8. The van der Waals surface area contributed by atoms with E-state index in [4.69, 9.17) is 19.0 Å². The van der Waals surface area contributed by atoms with E-state index in [2.05, 4.69) is 10.2 Å². The van der Waals surface area contributed by atoms with Crippen LogP contribution >= 0.6 is 0 Å². The predicted octanol–water partition coefficient (Wildman–Crippen LogP) is 5.37. The van der Waals surface area contributed by atoms with Gasteiger partial charge in [-0.15, -0.1) is 10.2 Å². The van der Waals surface area contributed by atoms with Crippen molar-refractivity contribution in [1.29, 1.82) is 0 Å². The number of hydrogen-bond donors (Lipinski definition) is 0. The highest BCUT2D eigenvalue weighted by atomic mass is 16.5. The molecule has 37 heavy (non-hydrogen) atoms. The lowest BCUT2D eigenvalue weighted by atomic mass is 9.97. The highest BCUT2D eigenvalue weighted by Crippen LogP contribution is 2.33. The summed E-state index contributed by atoms with van der Waals surface area (Å²) in [6.07, 6.45) is 1.29. The van der Waals surface area contributed by atoms with E-state index in [0.29, 0.717) is 30.4 Å². The standard InChI is InChI=1S/C29H28N4O4/c1-4-27-30-31-29(37-27)22-11-15-24(16-12-22)36-18-28(34)33-26(21-7-5-19(2)6-8-21)17-25(32-33)20-9-13-23(35-3)14-10-20/h5-16,26H,4,17-18H2,1-3H3. The van der Waals surface area contributed by atoms with E-state index in [1.807, 2.05) is 74.5 Å². The first-order valence-electron chi connectivity index (χ1n) is 12.2. The molecule has 1 aliphatic rings. The molecule has 4 aromatic rings. The Morgan fingerprint density at radius 2 is 1.62 bits per heavy atom. The molecule has 0 aliphatic carbocycles. The maximum Gasteiger partial charge on any atom is 0.281 e. The Morgan fingerprint density at radius 3 is 2.27 bits per heavy atom. The average molecular weight is 497 g/mol. The molecule has 0 saturated carbocycles. The molecule has 0 fully saturated rings. The van der Waals surface area contributed by atoms with Crippen molar-refractivity contribution in [1.82, 2.24) is 15.2 Å². The van der Waals surface area contributed by atoms with E-state index >= 15 is 0 Å². The highest BCUT2D eigenvalue weighted by molar-refractivity contribution is 6.03. The summed E-state index contributed by atoms with van der Waals surface area (Å²) in [6, 6.07) is 22.9. The minimum Gasteiger partial charge on any atom is -0.497 e. The van der Waals surface area contributed by atoms with Crippen LogP contribution in [0.1, 0.15) is 42.0 Å². The molecule has 1 amide bonds. The van der Waals surface area contributed by atoms with Crippen LogP contribution in [0.2, 0.25) is 0 Å². The summed E-state index contributed by atoms with van der Waals surface area (Å²) in [5.74, 6) is 2.16. The number of benzene rings is 3. The van der Waals surface area contributed by atoms with Gasteiger partial charge in [-0.3, -0.25) is 4.79 Å². The fourth-order valence-corrected chi connectivity index (χ4v) is 4.16. The van der Waals surface area contributed by atoms with E-state index in [1.54, 1.807) is 24.3 Å². The van der Waals surface area contributed by atoms with Gasteiger partial charge in [0.2, 0.25) is 11.8 Å². The molecule has 2 heterocycles. The van der Waals surface area contributed by atoms with Gasteiger partial charge in [-0.05, 0) is 66.6 Å². The Labute approximate surface area is 215 Å². The molecule has 8 nitrogen and oxygen atoms in total. The number of methoxy groups -OCH3 is 1. The third-order valence-corrected chi connectivity index (χ3v) is 6.28. The Kier molecular flexibility index (Phi) is 6.98. The molecule has 0 N–H and O–H groups in total. The maximum atomic E-state index is 13.3. The summed E-state index contributed by atoms with van der Waals surface area (Å²) in [7, 11) is 1.64. The average Bonchev–Trinajstić information content (AvgIpc) is 3.61. The van der Waals surface area contributed by atoms with Gasteiger partial charge >= 0.3 is 0 Å². The SMILES string of the molecule is CCc1nnc(-c2ccc(OCC(=O)N3N=C(c4ccc(OC)cc4)CC3c3ccc(C)cc3)cc2)o1. The number of rotatable bonds is 8. The molecule has 1 atom stereocenters. The summed E-state index contributed by atoms with van der Waals surface area (Å²) in [5.41, 5.74) is 4.78.